The van der Waals surface area contributed by atoms with E-state index in [0.29, 0.717) is 6.42 Å². The van der Waals surface area contributed by atoms with E-state index in [-0.39, 0.29) is 5.97 Å². The number of unbranched alkanes of at least 4 members (excludes halogenated alkanes) is 2. The molecule has 0 aliphatic carbocycles. The lowest BCUT2D eigenvalue weighted by molar-refractivity contribution is -0.140. The standard InChI is InChI=1S/C10H18O2/c1-3-4-5-6-7-8-9-10(11)12-2/h6-7H,3-5,8-9H2,1-2H3/b7-6+. The van der Waals surface area contributed by atoms with E-state index in [0.717, 1.165) is 12.8 Å². The molecule has 0 aliphatic rings. The Morgan fingerprint density at radius 3 is 2.58 bits per heavy atom. The Labute approximate surface area is 74.6 Å². The molecule has 0 aromatic carbocycles. The third-order valence-corrected chi connectivity index (χ3v) is 1.63. The molecule has 0 amide bonds. The zero-order valence-corrected chi connectivity index (χ0v) is 8.01. The van der Waals surface area contributed by atoms with Crippen molar-refractivity contribution in [2.75, 3.05) is 7.11 Å². The van der Waals surface area contributed by atoms with Crippen molar-refractivity contribution in [3.05, 3.63) is 12.2 Å². The minimum Gasteiger partial charge on any atom is -0.469 e. The van der Waals surface area contributed by atoms with E-state index in [1.807, 2.05) is 6.08 Å². The van der Waals surface area contributed by atoms with Gasteiger partial charge in [0.25, 0.3) is 0 Å². The summed E-state index contributed by atoms with van der Waals surface area (Å²) in [6.07, 6.45) is 9.06. The molecule has 0 spiro atoms. The van der Waals surface area contributed by atoms with Gasteiger partial charge < -0.3 is 4.74 Å². The van der Waals surface area contributed by atoms with Crippen LogP contribution < -0.4 is 0 Å². The topological polar surface area (TPSA) is 26.3 Å². The van der Waals surface area contributed by atoms with Crippen LogP contribution in [0.3, 0.4) is 0 Å². The van der Waals surface area contributed by atoms with E-state index in [4.69, 9.17) is 0 Å². The molecule has 0 heterocycles. The van der Waals surface area contributed by atoms with Crippen LogP contribution in [0.15, 0.2) is 12.2 Å². The number of rotatable bonds is 6. The highest BCUT2D eigenvalue weighted by molar-refractivity contribution is 5.69. The highest BCUT2D eigenvalue weighted by Crippen LogP contribution is 1.98. The van der Waals surface area contributed by atoms with Crippen LogP contribution in [0.4, 0.5) is 0 Å². The predicted molar refractivity (Wildman–Crippen MR) is 49.9 cm³/mol. The van der Waals surface area contributed by atoms with Gasteiger partial charge in [-0.15, -0.1) is 0 Å². The molecule has 0 aliphatic heterocycles. The van der Waals surface area contributed by atoms with Gasteiger partial charge in [0, 0.05) is 6.42 Å². The molecule has 0 rings (SSSR count). The first-order chi connectivity index (χ1) is 5.81. The van der Waals surface area contributed by atoms with Crippen LogP contribution in [0.25, 0.3) is 0 Å². The Morgan fingerprint density at radius 2 is 2.00 bits per heavy atom. The zero-order chi connectivity index (χ0) is 9.23. The number of methoxy groups -OCH3 is 1. The normalized spacial score (nSPS) is 10.5. The van der Waals surface area contributed by atoms with Crippen molar-refractivity contribution in [3.63, 3.8) is 0 Å². The van der Waals surface area contributed by atoms with Crippen LogP contribution in [-0.4, -0.2) is 13.1 Å². The number of esters is 1. The molecule has 0 aromatic rings. The van der Waals surface area contributed by atoms with E-state index in [1.165, 1.54) is 20.0 Å². The first-order valence-corrected chi connectivity index (χ1v) is 4.53. The van der Waals surface area contributed by atoms with Gasteiger partial charge in [0.15, 0.2) is 0 Å². The van der Waals surface area contributed by atoms with E-state index in [9.17, 15) is 4.79 Å². The van der Waals surface area contributed by atoms with Gasteiger partial charge in [0.1, 0.15) is 0 Å². The highest BCUT2D eigenvalue weighted by atomic mass is 16.5. The Hall–Kier alpha value is -0.790. The van der Waals surface area contributed by atoms with Gasteiger partial charge in [-0.25, -0.2) is 0 Å². The monoisotopic (exact) mass is 170 g/mol. The van der Waals surface area contributed by atoms with Crippen LogP contribution in [0.1, 0.15) is 39.0 Å². The lowest BCUT2D eigenvalue weighted by atomic mass is 10.2. The van der Waals surface area contributed by atoms with Crippen molar-refractivity contribution in [1.82, 2.24) is 0 Å². The summed E-state index contributed by atoms with van der Waals surface area (Å²) in [5, 5.41) is 0. The summed E-state index contributed by atoms with van der Waals surface area (Å²) in [6, 6.07) is 0. The third-order valence-electron chi connectivity index (χ3n) is 1.63. The molecule has 0 atom stereocenters. The van der Waals surface area contributed by atoms with Gasteiger partial charge >= 0.3 is 5.97 Å². The number of carbonyl (C=O) groups excluding carboxylic acids is 1. The quantitative estimate of drug-likeness (QED) is 0.348. The second-order valence-corrected chi connectivity index (χ2v) is 2.73. The first kappa shape index (κ1) is 11.2. The van der Waals surface area contributed by atoms with Crippen molar-refractivity contribution in [3.8, 4) is 0 Å². The number of allylic oxidation sites excluding steroid dienone is 2. The molecule has 0 saturated heterocycles. The minimum atomic E-state index is -0.129. The molecular formula is C10H18O2. The first-order valence-electron chi connectivity index (χ1n) is 4.53. The molecular weight excluding hydrogens is 152 g/mol. The largest absolute Gasteiger partial charge is 0.469 e. The maximum atomic E-state index is 10.6. The molecule has 0 bridgehead atoms. The fraction of sp³-hybridized carbons (Fsp3) is 0.700. The predicted octanol–water partition coefficient (Wildman–Crippen LogP) is 2.69. The number of carbonyl (C=O) groups is 1. The van der Waals surface area contributed by atoms with Gasteiger partial charge in [0.05, 0.1) is 7.11 Å². The molecule has 12 heavy (non-hydrogen) atoms. The van der Waals surface area contributed by atoms with E-state index in [1.54, 1.807) is 0 Å². The van der Waals surface area contributed by atoms with Crippen LogP contribution in [-0.2, 0) is 9.53 Å². The van der Waals surface area contributed by atoms with Crippen LogP contribution in [0.2, 0.25) is 0 Å². The molecule has 2 heteroatoms. The molecule has 70 valence electrons. The molecule has 0 radical (unpaired) electrons. The van der Waals surface area contributed by atoms with Crippen molar-refractivity contribution < 1.29 is 9.53 Å². The molecule has 0 unspecified atom stereocenters. The Bertz CT molecular complexity index is 139. The highest BCUT2D eigenvalue weighted by Gasteiger charge is 1.94. The van der Waals surface area contributed by atoms with Gasteiger partial charge in [-0.2, -0.15) is 0 Å². The van der Waals surface area contributed by atoms with E-state index in [2.05, 4.69) is 17.7 Å². The van der Waals surface area contributed by atoms with E-state index < -0.39 is 0 Å². The van der Waals surface area contributed by atoms with Crippen molar-refractivity contribution in [1.29, 1.82) is 0 Å². The SMILES string of the molecule is CCCC/C=C/CCC(=O)OC. The average Bonchev–Trinajstić information content (AvgIpc) is 2.10. The summed E-state index contributed by atoms with van der Waals surface area (Å²) >= 11 is 0. The minimum absolute atomic E-state index is 0.129. The van der Waals surface area contributed by atoms with Crippen molar-refractivity contribution >= 4 is 5.97 Å². The molecule has 0 saturated carbocycles. The number of hydrogen-bond acceptors (Lipinski definition) is 2. The fourth-order valence-corrected chi connectivity index (χ4v) is 0.861. The summed E-state index contributed by atoms with van der Waals surface area (Å²) in [5.74, 6) is -0.129. The van der Waals surface area contributed by atoms with E-state index >= 15 is 0 Å². The second kappa shape index (κ2) is 8.31. The molecule has 2 nitrogen and oxygen atoms in total. The number of hydrogen-bond donors (Lipinski definition) is 0. The van der Waals surface area contributed by atoms with Crippen LogP contribution in [0.5, 0.6) is 0 Å². The summed E-state index contributed by atoms with van der Waals surface area (Å²) < 4.78 is 4.51. The Kier molecular flexibility index (Phi) is 7.76. The lowest BCUT2D eigenvalue weighted by Crippen LogP contribution is -1.97. The van der Waals surface area contributed by atoms with Gasteiger partial charge in [-0.3, -0.25) is 4.79 Å². The maximum absolute atomic E-state index is 10.6. The third kappa shape index (κ3) is 7.32. The van der Waals surface area contributed by atoms with Gasteiger partial charge in [0.2, 0.25) is 0 Å². The smallest absolute Gasteiger partial charge is 0.305 e. The van der Waals surface area contributed by atoms with Gasteiger partial charge in [-0.05, 0) is 12.8 Å². The fourth-order valence-electron chi connectivity index (χ4n) is 0.861. The summed E-state index contributed by atoms with van der Waals surface area (Å²) in [5.41, 5.74) is 0. The molecule has 0 N–H and O–H groups in total. The summed E-state index contributed by atoms with van der Waals surface area (Å²) in [7, 11) is 1.42. The zero-order valence-electron chi connectivity index (χ0n) is 8.01. The van der Waals surface area contributed by atoms with Crippen LogP contribution in [0, 0.1) is 0 Å². The maximum Gasteiger partial charge on any atom is 0.305 e. The summed E-state index contributed by atoms with van der Waals surface area (Å²) in [4.78, 5) is 10.6. The summed E-state index contributed by atoms with van der Waals surface area (Å²) in [6.45, 7) is 2.17. The van der Waals surface area contributed by atoms with Gasteiger partial charge in [-0.1, -0.05) is 31.9 Å². The second-order valence-electron chi connectivity index (χ2n) is 2.73. The molecule has 0 fully saturated rings. The number of ether oxygens (including phenoxy) is 1. The van der Waals surface area contributed by atoms with Crippen molar-refractivity contribution in [2.45, 2.75) is 39.0 Å². The lowest BCUT2D eigenvalue weighted by Gasteiger charge is -1.93. The average molecular weight is 170 g/mol. The van der Waals surface area contributed by atoms with Crippen molar-refractivity contribution in [2.24, 2.45) is 0 Å². The Morgan fingerprint density at radius 1 is 1.33 bits per heavy atom. The molecule has 0 aromatic heterocycles. The van der Waals surface area contributed by atoms with Crippen LogP contribution >= 0.6 is 0 Å². The Balaban J connectivity index is 3.18.